The number of carbonyl (C=O) groups excluding carboxylic acids is 1. The van der Waals surface area contributed by atoms with E-state index in [-0.39, 0.29) is 23.5 Å². The van der Waals surface area contributed by atoms with Crippen LogP contribution < -0.4 is 5.32 Å². The Kier molecular flexibility index (Phi) is 6.57. The molecule has 4 rings (SSSR count). The van der Waals surface area contributed by atoms with E-state index in [1.54, 1.807) is 11.9 Å². The van der Waals surface area contributed by atoms with Crippen LogP contribution in [0.5, 0.6) is 0 Å². The summed E-state index contributed by atoms with van der Waals surface area (Å²) in [6.07, 6.45) is 3.41. The molecular formula is C23H27N5O3S. The van der Waals surface area contributed by atoms with E-state index in [4.69, 9.17) is 0 Å². The van der Waals surface area contributed by atoms with Gasteiger partial charge in [-0.3, -0.25) is 4.68 Å². The van der Waals surface area contributed by atoms with E-state index in [2.05, 4.69) is 10.4 Å². The number of nitrogens with zero attached hydrogens (tertiary/aromatic N) is 4. The molecule has 1 aromatic heterocycles. The lowest BCUT2D eigenvalue weighted by Crippen LogP contribution is -2.44. The smallest absolute Gasteiger partial charge is 0.318 e. The molecule has 0 spiro atoms. The number of benzene rings is 2. The normalized spacial score (nSPS) is 15.5. The number of hydrogen-bond acceptors (Lipinski definition) is 4. The van der Waals surface area contributed by atoms with E-state index < -0.39 is 10.0 Å². The van der Waals surface area contributed by atoms with Gasteiger partial charge in [-0.15, -0.1) is 0 Å². The summed E-state index contributed by atoms with van der Waals surface area (Å²) < 4.78 is 28.8. The molecule has 8 nitrogen and oxygen atoms in total. The molecule has 0 bridgehead atoms. The number of amides is 2. The Hall–Kier alpha value is -3.17. The second-order valence-electron chi connectivity index (χ2n) is 7.80. The van der Waals surface area contributed by atoms with Crippen molar-refractivity contribution in [3.8, 4) is 0 Å². The number of urea groups is 1. The molecule has 0 aliphatic carbocycles. The molecule has 1 fully saturated rings. The zero-order valence-corrected chi connectivity index (χ0v) is 18.8. The van der Waals surface area contributed by atoms with Crippen molar-refractivity contribution in [2.24, 2.45) is 7.05 Å². The maximum absolute atomic E-state index is 13.2. The molecule has 32 heavy (non-hydrogen) atoms. The average Bonchev–Trinajstić information content (AvgIpc) is 3.10. The van der Waals surface area contributed by atoms with Gasteiger partial charge in [0.05, 0.1) is 12.2 Å². The topological polar surface area (TPSA) is 87.5 Å². The molecule has 0 radical (unpaired) electrons. The van der Waals surface area contributed by atoms with Crippen LogP contribution in [-0.2, 0) is 17.1 Å². The van der Waals surface area contributed by atoms with Gasteiger partial charge in [0.15, 0.2) is 0 Å². The van der Waals surface area contributed by atoms with Gasteiger partial charge in [-0.1, -0.05) is 60.7 Å². The quantitative estimate of drug-likeness (QED) is 0.643. The molecule has 9 heteroatoms. The predicted octanol–water partition coefficient (Wildman–Crippen LogP) is 2.62. The number of nitrogens with one attached hydrogen (secondary N) is 1. The summed E-state index contributed by atoms with van der Waals surface area (Å²) in [4.78, 5) is 15.0. The minimum atomic E-state index is -3.63. The number of aromatic nitrogens is 2. The number of hydrogen-bond donors (Lipinski definition) is 1. The lowest BCUT2D eigenvalue weighted by molar-refractivity contribution is 0.198. The maximum atomic E-state index is 13.2. The molecular weight excluding hydrogens is 426 g/mol. The lowest BCUT2D eigenvalue weighted by Gasteiger charge is -2.26. The third-order valence-electron chi connectivity index (χ3n) is 5.59. The van der Waals surface area contributed by atoms with Gasteiger partial charge >= 0.3 is 6.03 Å². The summed E-state index contributed by atoms with van der Waals surface area (Å²) in [7, 11) is -1.95. The van der Waals surface area contributed by atoms with Crippen LogP contribution in [0.3, 0.4) is 0 Å². The van der Waals surface area contributed by atoms with Crippen LogP contribution in [-0.4, -0.2) is 59.6 Å². The van der Waals surface area contributed by atoms with Crippen LogP contribution in [0.2, 0.25) is 0 Å². The highest BCUT2D eigenvalue weighted by atomic mass is 32.2. The van der Waals surface area contributed by atoms with Gasteiger partial charge in [-0.2, -0.15) is 9.40 Å². The first-order chi connectivity index (χ1) is 15.4. The number of rotatable bonds is 5. The van der Waals surface area contributed by atoms with E-state index in [1.165, 1.54) is 21.4 Å². The van der Waals surface area contributed by atoms with Crippen LogP contribution in [0.4, 0.5) is 4.79 Å². The molecule has 2 heterocycles. The van der Waals surface area contributed by atoms with Crippen LogP contribution in [0.25, 0.3) is 0 Å². The fourth-order valence-corrected chi connectivity index (χ4v) is 5.34. The fraction of sp³-hybridized carbons (Fsp3) is 0.304. The van der Waals surface area contributed by atoms with E-state index >= 15 is 0 Å². The molecule has 3 aromatic rings. The summed E-state index contributed by atoms with van der Waals surface area (Å²) in [5.41, 5.74) is 1.98. The van der Waals surface area contributed by atoms with Crippen molar-refractivity contribution in [2.75, 3.05) is 26.2 Å². The molecule has 2 aromatic carbocycles. The molecule has 0 atom stereocenters. The number of sulfonamides is 1. The average molecular weight is 454 g/mol. The van der Waals surface area contributed by atoms with Crippen molar-refractivity contribution in [3.63, 3.8) is 0 Å². The molecule has 1 saturated heterocycles. The van der Waals surface area contributed by atoms with Gasteiger partial charge in [0.25, 0.3) is 0 Å². The first kappa shape index (κ1) is 22.0. The van der Waals surface area contributed by atoms with E-state index in [0.29, 0.717) is 26.1 Å². The standard InChI is InChI=1S/C23H27N5O3S/c1-26-18-21(17-24-26)32(30,31)28-14-8-13-27(15-16-28)23(29)25-22(19-9-4-2-5-10-19)20-11-6-3-7-12-20/h2-7,9-12,17-18,22H,8,13-16H2,1H3,(H,25,29). The van der Waals surface area contributed by atoms with Gasteiger partial charge in [-0.25, -0.2) is 13.2 Å². The highest BCUT2D eigenvalue weighted by Crippen LogP contribution is 2.23. The minimum absolute atomic E-state index is 0.172. The fourth-order valence-electron chi connectivity index (χ4n) is 3.88. The Morgan fingerprint density at radius 3 is 2.12 bits per heavy atom. The van der Waals surface area contributed by atoms with Crippen molar-refractivity contribution in [1.82, 2.24) is 24.3 Å². The highest BCUT2D eigenvalue weighted by molar-refractivity contribution is 7.89. The van der Waals surface area contributed by atoms with Crippen molar-refractivity contribution in [2.45, 2.75) is 17.4 Å². The summed E-state index contributed by atoms with van der Waals surface area (Å²) in [5, 5.41) is 7.11. The lowest BCUT2D eigenvalue weighted by atomic mass is 9.99. The van der Waals surface area contributed by atoms with Crippen LogP contribution in [0.15, 0.2) is 78.0 Å². The third kappa shape index (κ3) is 4.84. The van der Waals surface area contributed by atoms with Crippen molar-refractivity contribution < 1.29 is 13.2 Å². The second kappa shape index (κ2) is 9.54. The summed E-state index contributed by atoms with van der Waals surface area (Å²) in [6, 6.07) is 19.1. The number of aryl methyl sites for hydroxylation is 1. The van der Waals surface area contributed by atoms with Gasteiger partial charge in [0, 0.05) is 39.4 Å². The first-order valence-electron chi connectivity index (χ1n) is 10.6. The summed E-state index contributed by atoms with van der Waals surface area (Å²) in [6.45, 7) is 1.41. The zero-order chi connectivity index (χ0) is 22.6. The molecule has 168 valence electrons. The van der Waals surface area contributed by atoms with Crippen molar-refractivity contribution in [1.29, 1.82) is 0 Å². The van der Waals surface area contributed by atoms with Crippen molar-refractivity contribution >= 4 is 16.1 Å². The molecule has 1 aliphatic heterocycles. The van der Waals surface area contributed by atoms with Gasteiger partial charge < -0.3 is 10.2 Å². The SMILES string of the molecule is Cn1cc(S(=O)(=O)N2CCCN(C(=O)NC(c3ccccc3)c3ccccc3)CC2)cn1. The third-order valence-corrected chi connectivity index (χ3v) is 7.45. The van der Waals surface area contributed by atoms with Gasteiger partial charge in [-0.05, 0) is 17.5 Å². The number of carbonyl (C=O) groups is 1. The van der Waals surface area contributed by atoms with Crippen LogP contribution in [0.1, 0.15) is 23.6 Å². The zero-order valence-electron chi connectivity index (χ0n) is 18.0. The van der Waals surface area contributed by atoms with Crippen LogP contribution in [0, 0.1) is 0 Å². The molecule has 0 unspecified atom stereocenters. The summed E-state index contributed by atoms with van der Waals surface area (Å²) in [5.74, 6) is 0. The Morgan fingerprint density at radius 1 is 0.938 bits per heavy atom. The summed E-state index contributed by atoms with van der Waals surface area (Å²) >= 11 is 0. The molecule has 1 aliphatic rings. The second-order valence-corrected chi connectivity index (χ2v) is 9.74. The largest absolute Gasteiger partial charge is 0.327 e. The Balaban J connectivity index is 1.47. The Bertz CT molecular complexity index is 1110. The molecule has 0 saturated carbocycles. The molecule has 1 N–H and O–H groups in total. The van der Waals surface area contributed by atoms with Gasteiger partial charge in [0.1, 0.15) is 4.90 Å². The minimum Gasteiger partial charge on any atom is -0.327 e. The molecule has 2 amide bonds. The maximum Gasteiger partial charge on any atom is 0.318 e. The highest BCUT2D eigenvalue weighted by Gasteiger charge is 2.30. The van der Waals surface area contributed by atoms with Gasteiger partial charge in [0.2, 0.25) is 10.0 Å². The Labute approximate surface area is 188 Å². The first-order valence-corrected chi connectivity index (χ1v) is 12.0. The Morgan fingerprint density at radius 2 is 1.56 bits per heavy atom. The predicted molar refractivity (Wildman–Crippen MR) is 121 cm³/mol. The van der Waals surface area contributed by atoms with E-state index in [9.17, 15) is 13.2 Å². The van der Waals surface area contributed by atoms with E-state index in [1.807, 2.05) is 60.7 Å². The van der Waals surface area contributed by atoms with Crippen molar-refractivity contribution in [3.05, 3.63) is 84.2 Å². The van der Waals surface area contributed by atoms with Crippen LogP contribution >= 0.6 is 0 Å². The monoisotopic (exact) mass is 453 g/mol. The van der Waals surface area contributed by atoms with E-state index in [0.717, 1.165) is 11.1 Å².